The van der Waals surface area contributed by atoms with Crippen LogP contribution in [0.4, 0.5) is 32.0 Å². The van der Waals surface area contributed by atoms with Gasteiger partial charge in [-0.15, -0.1) is 0 Å². The SMILES string of the molecule is CN(CC(=O)Nc1cc(C(F)(F)F)cc(C(F)(F)F)c1)CC(=O)N1CCOCC1. The lowest BCUT2D eigenvalue weighted by molar-refractivity contribution is -0.143. The number of ether oxygens (including phenoxy) is 1. The van der Waals surface area contributed by atoms with Crippen LogP contribution in [0.5, 0.6) is 0 Å². The molecule has 1 aromatic rings. The van der Waals surface area contributed by atoms with Crippen LogP contribution >= 0.6 is 0 Å². The lowest BCUT2D eigenvalue weighted by Gasteiger charge is -2.28. The highest BCUT2D eigenvalue weighted by molar-refractivity contribution is 5.92. The number of alkyl halides is 6. The summed E-state index contributed by atoms with van der Waals surface area (Å²) >= 11 is 0. The van der Waals surface area contributed by atoms with E-state index in [-0.39, 0.29) is 18.5 Å². The second kappa shape index (κ2) is 8.99. The van der Waals surface area contributed by atoms with E-state index < -0.39 is 41.6 Å². The maximum absolute atomic E-state index is 12.9. The first-order valence-electron chi connectivity index (χ1n) is 8.49. The molecule has 2 rings (SSSR count). The fraction of sp³-hybridized carbons (Fsp3) is 0.529. The Balaban J connectivity index is 2.02. The summed E-state index contributed by atoms with van der Waals surface area (Å²) in [5, 5.41) is 2.03. The van der Waals surface area contributed by atoms with Crippen LogP contribution in [-0.4, -0.2) is 68.1 Å². The molecule has 2 amide bonds. The molecule has 1 aromatic carbocycles. The Morgan fingerprint density at radius 1 is 1.00 bits per heavy atom. The molecule has 0 spiro atoms. The molecule has 1 aliphatic heterocycles. The van der Waals surface area contributed by atoms with Crippen molar-refractivity contribution < 1.29 is 40.7 Å². The lowest BCUT2D eigenvalue weighted by Crippen LogP contribution is -2.46. The number of likely N-dealkylation sites (N-methyl/N-ethyl adjacent to an activating group) is 1. The number of carbonyl (C=O) groups excluding carboxylic acids is 2. The maximum Gasteiger partial charge on any atom is 0.416 e. The van der Waals surface area contributed by atoms with E-state index in [9.17, 15) is 35.9 Å². The summed E-state index contributed by atoms with van der Waals surface area (Å²) in [5.41, 5.74) is -3.69. The Labute approximate surface area is 162 Å². The number of rotatable bonds is 5. The number of hydrogen-bond acceptors (Lipinski definition) is 4. The summed E-state index contributed by atoms with van der Waals surface area (Å²) in [7, 11) is 1.44. The summed E-state index contributed by atoms with van der Waals surface area (Å²) < 4.78 is 82.3. The molecule has 1 saturated heterocycles. The van der Waals surface area contributed by atoms with Gasteiger partial charge in [0.05, 0.1) is 37.4 Å². The molecular formula is C17H19F6N3O3. The van der Waals surface area contributed by atoms with Crippen LogP contribution in [0, 0.1) is 0 Å². The van der Waals surface area contributed by atoms with E-state index in [1.165, 1.54) is 11.9 Å². The van der Waals surface area contributed by atoms with E-state index in [0.29, 0.717) is 38.4 Å². The number of halogens is 6. The molecule has 1 heterocycles. The Morgan fingerprint density at radius 2 is 1.52 bits per heavy atom. The van der Waals surface area contributed by atoms with Crippen LogP contribution in [0.25, 0.3) is 0 Å². The number of morpholine rings is 1. The summed E-state index contributed by atoms with van der Waals surface area (Å²) in [4.78, 5) is 27.0. The minimum absolute atomic E-state index is 0.0250. The zero-order valence-corrected chi connectivity index (χ0v) is 15.4. The van der Waals surface area contributed by atoms with E-state index in [1.54, 1.807) is 4.90 Å². The first kappa shape index (κ1) is 22.9. The predicted molar refractivity (Wildman–Crippen MR) is 90.0 cm³/mol. The Morgan fingerprint density at radius 3 is 2.00 bits per heavy atom. The molecule has 0 saturated carbocycles. The molecule has 6 nitrogen and oxygen atoms in total. The number of amides is 2. The molecule has 1 N–H and O–H groups in total. The van der Waals surface area contributed by atoms with Crippen LogP contribution in [0.1, 0.15) is 11.1 Å². The molecule has 0 aliphatic carbocycles. The highest BCUT2D eigenvalue weighted by Crippen LogP contribution is 2.37. The quantitative estimate of drug-likeness (QED) is 0.734. The zero-order valence-electron chi connectivity index (χ0n) is 15.4. The van der Waals surface area contributed by atoms with Crippen LogP contribution in [0.2, 0.25) is 0 Å². The molecule has 0 bridgehead atoms. The summed E-state index contributed by atoms with van der Waals surface area (Å²) in [6.45, 7) is 1.07. The van der Waals surface area contributed by atoms with Gasteiger partial charge in [0.15, 0.2) is 0 Å². The number of nitrogens with zero attached hydrogens (tertiary/aromatic N) is 2. The van der Waals surface area contributed by atoms with Gasteiger partial charge in [-0.05, 0) is 25.2 Å². The minimum atomic E-state index is -5.01. The Hall–Kier alpha value is -2.34. The second-order valence-corrected chi connectivity index (χ2v) is 6.51. The molecule has 29 heavy (non-hydrogen) atoms. The van der Waals surface area contributed by atoms with Crippen molar-refractivity contribution in [2.45, 2.75) is 12.4 Å². The first-order valence-corrected chi connectivity index (χ1v) is 8.49. The van der Waals surface area contributed by atoms with Crippen LogP contribution in [-0.2, 0) is 26.7 Å². The second-order valence-electron chi connectivity index (χ2n) is 6.51. The third kappa shape index (κ3) is 6.89. The largest absolute Gasteiger partial charge is 0.416 e. The third-order valence-electron chi connectivity index (χ3n) is 4.05. The van der Waals surface area contributed by atoms with E-state index in [1.807, 2.05) is 5.32 Å². The van der Waals surface area contributed by atoms with Crippen molar-refractivity contribution in [2.24, 2.45) is 0 Å². The average molecular weight is 427 g/mol. The number of hydrogen-bond donors (Lipinski definition) is 1. The van der Waals surface area contributed by atoms with Gasteiger partial charge in [0.1, 0.15) is 0 Å². The highest BCUT2D eigenvalue weighted by Gasteiger charge is 2.37. The first-order chi connectivity index (χ1) is 13.4. The van der Waals surface area contributed by atoms with Gasteiger partial charge in [0.2, 0.25) is 11.8 Å². The van der Waals surface area contributed by atoms with E-state index in [0.717, 1.165) is 0 Å². The van der Waals surface area contributed by atoms with Gasteiger partial charge in [-0.25, -0.2) is 0 Å². The van der Waals surface area contributed by atoms with Crippen molar-refractivity contribution in [1.82, 2.24) is 9.80 Å². The smallest absolute Gasteiger partial charge is 0.378 e. The molecule has 0 aromatic heterocycles. The van der Waals surface area contributed by atoms with Gasteiger partial charge in [-0.3, -0.25) is 14.5 Å². The molecule has 1 fully saturated rings. The van der Waals surface area contributed by atoms with Gasteiger partial charge in [-0.1, -0.05) is 0 Å². The summed E-state index contributed by atoms with van der Waals surface area (Å²) in [6, 6.07) is 0.820. The third-order valence-corrected chi connectivity index (χ3v) is 4.05. The van der Waals surface area contributed by atoms with Crippen molar-refractivity contribution >= 4 is 17.5 Å². The van der Waals surface area contributed by atoms with Gasteiger partial charge < -0.3 is 15.0 Å². The fourth-order valence-electron chi connectivity index (χ4n) is 2.67. The lowest BCUT2D eigenvalue weighted by atomic mass is 10.1. The highest BCUT2D eigenvalue weighted by atomic mass is 19.4. The molecule has 0 unspecified atom stereocenters. The zero-order chi connectivity index (χ0) is 21.8. The molecule has 12 heteroatoms. The Kier molecular flexibility index (Phi) is 7.11. The molecule has 162 valence electrons. The van der Waals surface area contributed by atoms with Gasteiger partial charge >= 0.3 is 12.4 Å². The van der Waals surface area contributed by atoms with Crippen molar-refractivity contribution in [1.29, 1.82) is 0 Å². The van der Waals surface area contributed by atoms with Crippen molar-refractivity contribution in [2.75, 3.05) is 51.8 Å². The normalized spacial score (nSPS) is 15.5. The molecule has 0 atom stereocenters. The van der Waals surface area contributed by atoms with E-state index in [4.69, 9.17) is 4.74 Å². The van der Waals surface area contributed by atoms with Gasteiger partial charge in [0.25, 0.3) is 0 Å². The standard InChI is InChI=1S/C17H19F6N3O3/c1-25(10-15(28)26-2-4-29-5-3-26)9-14(27)24-13-7-11(16(18,19)20)6-12(8-13)17(21,22)23/h6-8H,2-5,9-10H2,1H3,(H,24,27). The number of anilines is 1. The average Bonchev–Trinajstić information content (AvgIpc) is 2.60. The van der Waals surface area contributed by atoms with Crippen LogP contribution in [0.15, 0.2) is 18.2 Å². The van der Waals surface area contributed by atoms with Crippen molar-refractivity contribution in [3.63, 3.8) is 0 Å². The number of carbonyl (C=O) groups is 2. The van der Waals surface area contributed by atoms with Crippen LogP contribution in [0.3, 0.4) is 0 Å². The number of benzene rings is 1. The van der Waals surface area contributed by atoms with Gasteiger partial charge in [0, 0.05) is 18.8 Å². The van der Waals surface area contributed by atoms with Crippen molar-refractivity contribution in [3.05, 3.63) is 29.3 Å². The topological polar surface area (TPSA) is 61.9 Å². The van der Waals surface area contributed by atoms with E-state index >= 15 is 0 Å². The van der Waals surface area contributed by atoms with Crippen LogP contribution < -0.4 is 5.32 Å². The summed E-state index contributed by atoms with van der Waals surface area (Å²) in [5.74, 6) is -1.11. The van der Waals surface area contributed by atoms with E-state index in [2.05, 4.69) is 0 Å². The fourth-order valence-corrected chi connectivity index (χ4v) is 2.67. The van der Waals surface area contributed by atoms with Gasteiger partial charge in [-0.2, -0.15) is 26.3 Å². The number of nitrogens with one attached hydrogen (secondary N) is 1. The molecular weight excluding hydrogens is 408 g/mol. The van der Waals surface area contributed by atoms with Crippen molar-refractivity contribution in [3.8, 4) is 0 Å². The monoisotopic (exact) mass is 427 g/mol. The Bertz CT molecular complexity index is 713. The minimum Gasteiger partial charge on any atom is -0.378 e. The summed E-state index contributed by atoms with van der Waals surface area (Å²) in [6.07, 6.45) is -10.0. The predicted octanol–water partition coefficient (Wildman–Crippen LogP) is 2.45. The maximum atomic E-state index is 12.9. The molecule has 1 aliphatic rings. The molecule has 0 radical (unpaired) electrons.